The first-order valence-electron chi connectivity index (χ1n) is 9.29. The van der Waals surface area contributed by atoms with Gasteiger partial charge in [0.25, 0.3) is 11.5 Å². The number of hydrogen-bond donors (Lipinski definition) is 3. The Hall–Kier alpha value is -3.68. The van der Waals surface area contributed by atoms with Gasteiger partial charge in [-0.25, -0.2) is 10.1 Å². The summed E-state index contributed by atoms with van der Waals surface area (Å²) in [4.78, 5) is 25.4. The molecule has 3 aromatic rings. The van der Waals surface area contributed by atoms with E-state index in [1.165, 1.54) is 22.9 Å². The summed E-state index contributed by atoms with van der Waals surface area (Å²) in [7, 11) is 0. The molecule has 3 rings (SSSR count). The number of carbonyl (C=O) groups excluding carboxylic acids is 1. The van der Waals surface area contributed by atoms with E-state index in [4.69, 9.17) is 0 Å². The van der Waals surface area contributed by atoms with E-state index in [0.29, 0.717) is 28.6 Å². The minimum Gasteiger partial charge on any atom is -0.508 e. The summed E-state index contributed by atoms with van der Waals surface area (Å²) in [6.45, 7) is 4.04. The van der Waals surface area contributed by atoms with E-state index in [-0.39, 0.29) is 22.8 Å². The van der Waals surface area contributed by atoms with Gasteiger partial charge in [0.05, 0.1) is 11.1 Å². The van der Waals surface area contributed by atoms with Crippen LogP contribution in [0.4, 0.5) is 0 Å². The van der Waals surface area contributed by atoms with Gasteiger partial charge in [0.1, 0.15) is 11.5 Å². The smallest absolute Gasteiger partial charge is 0.292 e. The van der Waals surface area contributed by atoms with Crippen molar-refractivity contribution in [2.45, 2.75) is 33.2 Å². The van der Waals surface area contributed by atoms with Crippen LogP contribution in [0, 0.1) is 0 Å². The lowest BCUT2D eigenvalue weighted by Gasteiger charge is -2.10. The molecule has 0 saturated heterocycles. The second kappa shape index (κ2) is 8.55. The molecular weight excluding hydrogens is 372 g/mol. The second-order valence-corrected chi connectivity index (χ2v) is 6.62. The van der Waals surface area contributed by atoms with Crippen molar-refractivity contribution in [3.8, 4) is 11.5 Å². The Bertz CT molecular complexity index is 1150. The first-order valence-corrected chi connectivity index (χ1v) is 9.29. The maximum Gasteiger partial charge on any atom is 0.292 e. The van der Waals surface area contributed by atoms with Crippen LogP contribution in [-0.4, -0.2) is 31.6 Å². The summed E-state index contributed by atoms with van der Waals surface area (Å²) >= 11 is 0. The van der Waals surface area contributed by atoms with Gasteiger partial charge in [-0.15, -0.1) is 0 Å². The van der Waals surface area contributed by atoms with Gasteiger partial charge in [0.2, 0.25) is 0 Å². The number of aryl methyl sites for hydroxylation is 1. The average molecular weight is 394 g/mol. The number of nitrogens with one attached hydrogen (secondary N) is 1. The normalized spacial score (nSPS) is 11.6. The average Bonchev–Trinajstić information content (AvgIpc) is 2.71. The van der Waals surface area contributed by atoms with Crippen molar-refractivity contribution in [3.05, 3.63) is 64.1 Å². The number of rotatable bonds is 6. The molecule has 0 aliphatic heterocycles. The predicted octanol–water partition coefficient (Wildman–Crippen LogP) is 2.76. The molecule has 1 heterocycles. The van der Waals surface area contributed by atoms with Crippen LogP contribution < -0.4 is 11.0 Å². The molecule has 0 bridgehead atoms. The number of fused-ring (bicyclic) bond motifs is 1. The van der Waals surface area contributed by atoms with Crippen molar-refractivity contribution in [2.75, 3.05) is 0 Å². The number of benzene rings is 2. The molecule has 0 fully saturated rings. The first kappa shape index (κ1) is 20.1. The van der Waals surface area contributed by atoms with Gasteiger partial charge in [-0.1, -0.05) is 31.5 Å². The van der Waals surface area contributed by atoms with Gasteiger partial charge in [-0.05, 0) is 31.5 Å². The van der Waals surface area contributed by atoms with E-state index in [2.05, 4.69) is 15.6 Å². The minimum atomic E-state index is -0.566. The van der Waals surface area contributed by atoms with Crippen molar-refractivity contribution in [1.82, 2.24) is 15.2 Å². The Kier molecular flexibility index (Phi) is 5.92. The molecule has 0 radical (unpaired) electrons. The Morgan fingerprint density at radius 2 is 1.90 bits per heavy atom. The van der Waals surface area contributed by atoms with Crippen LogP contribution >= 0.6 is 0 Å². The molecule has 8 heteroatoms. The molecule has 0 aliphatic rings. The fourth-order valence-electron chi connectivity index (χ4n) is 2.94. The van der Waals surface area contributed by atoms with Crippen LogP contribution in [0.2, 0.25) is 0 Å². The van der Waals surface area contributed by atoms with E-state index < -0.39 is 5.91 Å². The zero-order valence-electron chi connectivity index (χ0n) is 16.2. The predicted molar refractivity (Wildman–Crippen MR) is 110 cm³/mol. The first-order chi connectivity index (χ1) is 13.9. The van der Waals surface area contributed by atoms with Crippen LogP contribution in [-0.2, 0) is 6.54 Å². The van der Waals surface area contributed by atoms with Crippen molar-refractivity contribution in [3.63, 3.8) is 0 Å². The Morgan fingerprint density at radius 3 is 2.59 bits per heavy atom. The number of phenolic OH excluding ortho intramolecular Hbond substituents is 2. The molecule has 1 amide bonds. The number of phenols is 2. The number of aromatic nitrogens is 2. The highest BCUT2D eigenvalue weighted by atomic mass is 16.3. The van der Waals surface area contributed by atoms with Crippen molar-refractivity contribution in [1.29, 1.82) is 0 Å². The number of hydrazone groups is 1. The van der Waals surface area contributed by atoms with Crippen LogP contribution in [0.25, 0.3) is 10.8 Å². The van der Waals surface area contributed by atoms with Crippen LogP contribution in [0.15, 0.2) is 52.4 Å². The summed E-state index contributed by atoms with van der Waals surface area (Å²) in [5.74, 6) is -0.797. The molecule has 2 aromatic carbocycles. The SMILES string of the molecule is CCCCn1nc(C(=O)N/N=C(\C)c2ccc(O)cc2O)c2ccccc2c1=O. The molecule has 29 heavy (non-hydrogen) atoms. The third-order valence-corrected chi connectivity index (χ3v) is 4.50. The molecule has 3 N–H and O–H groups in total. The molecule has 0 unspecified atom stereocenters. The lowest BCUT2D eigenvalue weighted by atomic mass is 10.1. The Labute approximate surface area is 167 Å². The monoisotopic (exact) mass is 394 g/mol. The van der Waals surface area contributed by atoms with Gasteiger partial charge < -0.3 is 10.2 Å². The van der Waals surface area contributed by atoms with Gasteiger partial charge in [0, 0.05) is 23.6 Å². The van der Waals surface area contributed by atoms with Crippen molar-refractivity contribution >= 4 is 22.4 Å². The lowest BCUT2D eigenvalue weighted by molar-refractivity contribution is 0.0949. The minimum absolute atomic E-state index is 0.0758. The third-order valence-electron chi connectivity index (χ3n) is 4.50. The Morgan fingerprint density at radius 1 is 1.17 bits per heavy atom. The highest BCUT2D eigenvalue weighted by Gasteiger charge is 2.16. The number of nitrogens with zero attached hydrogens (tertiary/aromatic N) is 3. The molecule has 0 atom stereocenters. The van der Waals surface area contributed by atoms with Gasteiger partial charge in [-0.2, -0.15) is 10.2 Å². The third kappa shape index (κ3) is 4.26. The molecule has 0 aliphatic carbocycles. The maximum atomic E-state index is 12.8. The largest absolute Gasteiger partial charge is 0.508 e. The van der Waals surface area contributed by atoms with E-state index >= 15 is 0 Å². The summed E-state index contributed by atoms with van der Waals surface area (Å²) in [6.07, 6.45) is 1.66. The van der Waals surface area contributed by atoms with E-state index in [1.54, 1.807) is 31.2 Å². The van der Waals surface area contributed by atoms with E-state index in [1.807, 2.05) is 6.92 Å². The molecular formula is C21H22N4O4. The van der Waals surface area contributed by atoms with Crippen LogP contribution in [0.1, 0.15) is 42.7 Å². The van der Waals surface area contributed by atoms with E-state index in [9.17, 15) is 19.8 Å². The fraction of sp³-hybridized carbons (Fsp3) is 0.238. The Balaban J connectivity index is 1.96. The second-order valence-electron chi connectivity index (χ2n) is 6.62. The number of unbranched alkanes of at least 4 members (excludes halogenated alkanes) is 1. The number of amides is 1. The number of carbonyl (C=O) groups is 1. The molecule has 150 valence electrons. The summed E-state index contributed by atoms with van der Waals surface area (Å²) in [5.41, 5.74) is 3.01. The fourth-order valence-corrected chi connectivity index (χ4v) is 2.94. The zero-order chi connectivity index (χ0) is 21.0. The molecule has 1 aromatic heterocycles. The topological polar surface area (TPSA) is 117 Å². The van der Waals surface area contributed by atoms with Crippen LogP contribution in [0.5, 0.6) is 11.5 Å². The molecule has 8 nitrogen and oxygen atoms in total. The van der Waals surface area contributed by atoms with E-state index in [0.717, 1.165) is 12.8 Å². The van der Waals surface area contributed by atoms with Crippen molar-refractivity contribution in [2.24, 2.45) is 5.10 Å². The standard InChI is InChI=1S/C21H22N4O4/c1-3-4-11-25-21(29)17-8-6-5-7-16(17)19(24-25)20(28)23-22-13(2)15-10-9-14(26)12-18(15)27/h5-10,12,26-27H,3-4,11H2,1-2H3,(H,23,28)/b22-13+. The number of hydrogen-bond acceptors (Lipinski definition) is 6. The molecule has 0 saturated carbocycles. The van der Waals surface area contributed by atoms with Gasteiger partial charge in [-0.3, -0.25) is 9.59 Å². The lowest BCUT2D eigenvalue weighted by Crippen LogP contribution is -2.29. The molecule has 0 spiro atoms. The summed E-state index contributed by atoms with van der Waals surface area (Å²) in [5, 5.41) is 28.5. The van der Waals surface area contributed by atoms with Gasteiger partial charge >= 0.3 is 0 Å². The number of aromatic hydroxyl groups is 2. The highest BCUT2D eigenvalue weighted by molar-refractivity contribution is 6.06. The zero-order valence-corrected chi connectivity index (χ0v) is 16.2. The van der Waals surface area contributed by atoms with Crippen molar-refractivity contribution < 1.29 is 15.0 Å². The quantitative estimate of drug-likeness (QED) is 0.439. The maximum absolute atomic E-state index is 12.8. The van der Waals surface area contributed by atoms with Crippen LogP contribution in [0.3, 0.4) is 0 Å². The van der Waals surface area contributed by atoms with Gasteiger partial charge in [0.15, 0.2) is 5.69 Å². The highest BCUT2D eigenvalue weighted by Crippen LogP contribution is 2.23. The summed E-state index contributed by atoms with van der Waals surface area (Å²) in [6, 6.07) is 10.9. The summed E-state index contributed by atoms with van der Waals surface area (Å²) < 4.78 is 1.31.